The number of halogens is 2. The van der Waals surface area contributed by atoms with Crippen molar-refractivity contribution >= 4 is 0 Å². The van der Waals surface area contributed by atoms with Crippen LogP contribution in [0.2, 0.25) is 0 Å². The molecule has 1 aliphatic rings. The molecule has 0 aromatic carbocycles. The molecule has 0 bridgehead atoms. The minimum absolute atomic E-state index is 0.238. The molecule has 4 heteroatoms. The molecule has 2 nitrogen and oxygen atoms in total. The molecule has 0 aromatic rings. The van der Waals surface area contributed by atoms with Gasteiger partial charge in [0.25, 0.3) is 5.92 Å². The summed E-state index contributed by atoms with van der Waals surface area (Å²) in [4.78, 5) is 0. The highest BCUT2D eigenvalue weighted by atomic mass is 19.3. The summed E-state index contributed by atoms with van der Waals surface area (Å²) >= 11 is 0. The monoisotopic (exact) mass is 206 g/mol. The number of nitrogens with two attached hydrogens (primary N) is 1. The lowest BCUT2D eigenvalue weighted by Gasteiger charge is -2.20. The first-order valence-electron chi connectivity index (χ1n) is 5.16. The molecule has 0 aromatic heterocycles. The van der Waals surface area contributed by atoms with E-state index in [1.165, 1.54) is 0 Å². The van der Waals surface area contributed by atoms with Gasteiger partial charge in [-0.05, 0) is 24.7 Å². The van der Waals surface area contributed by atoms with Gasteiger partial charge in [0, 0.05) is 6.04 Å². The Morgan fingerprint density at radius 2 is 2.14 bits per heavy atom. The van der Waals surface area contributed by atoms with Crippen LogP contribution in [0.3, 0.4) is 0 Å². The largest absolute Gasteiger partial charge is 0.325 e. The maximum absolute atomic E-state index is 12.8. The highest BCUT2D eigenvalue weighted by Gasteiger charge is 2.33. The third-order valence-electron chi connectivity index (χ3n) is 2.92. The normalized spacial score (nSPS) is 26.8. The fourth-order valence-corrected chi connectivity index (χ4v) is 1.98. The van der Waals surface area contributed by atoms with Crippen molar-refractivity contribution in [3.63, 3.8) is 0 Å². The van der Waals surface area contributed by atoms with Crippen LogP contribution in [0.1, 0.15) is 33.1 Å². The minimum Gasteiger partial charge on any atom is -0.325 e. The second-order valence-corrected chi connectivity index (χ2v) is 5.04. The lowest BCUT2D eigenvalue weighted by molar-refractivity contribution is 0.00907. The first-order chi connectivity index (χ1) is 6.35. The molecular formula is C10H20F2N2. The van der Waals surface area contributed by atoms with Gasteiger partial charge in [0.05, 0.1) is 13.1 Å². The van der Waals surface area contributed by atoms with Gasteiger partial charge in [0.15, 0.2) is 0 Å². The van der Waals surface area contributed by atoms with E-state index in [-0.39, 0.29) is 12.6 Å². The Kier molecular flexibility index (Phi) is 3.48. The quantitative estimate of drug-likeness (QED) is 0.735. The average molecular weight is 206 g/mol. The van der Waals surface area contributed by atoms with Crippen LogP contribution in [0.4, 0.5) is 8.78 Å². The van der Waals surface area contributed by atoms with Crippen molar-refractivity contribution < 1.29 is 8.78 Å². The highest BCUT2D eigenvalue weighted by molar-refractivity contribution is 4.87. The molecule has 84 valence electrons. The van der Waals surface area contributed by atoms with Crippen LogP contribution in [0.15, 0.2) is 0 Å². The molecular weight excluding hydrogens is 186 g/mol. The van der Waals surface area contributed by atoms with Crippen LogP contribution in [-0.4, -0.2) is 25.1 Å². The molecule has 0 radical (unpaired) electrons. The van der Waals surface area contributed by atoms with Crippen LogP contribution in [0.25, 0.3) is 0 Å². The topological polar surface area (TPSA) is 38.0 Å². The average Bonchev–Trinajstić information content (AvgIpc) is 2.43. The van der Waals surface area contributed by atoms with Gasteiger partial charge < -0.3 is 11.1 Å². The number of rotatable bonds is 4. The second kappa shape index (κ2) is 4.11. The predicted molar refractivity (Wildman–Crippen MR) is 53.4 cm³/mol. The highest BCUT2D eigenvalue weighted by Crippen LogP contribution is 2.36. The van der Waals surface area contributed by atoms with E-state index in [0.29, 0.717) is 5.41 Å². The van der Waals surface area contributed by atoms with Crippen molar-refractivity contribution in [1.29, 1.82) is 0 Å². The van der Waals surface area contributed by atoms with Gasteiger partial charge >= 0.3 is 0 Å². The summed E-state index contributed by atoms with van der Waals surface area (Å²) in [6.07, 6.45) is 3.08. The van der Waals surface area contributed by atoms with Crippen molar-refractivity contribution in [3.8, 4) is 0 Å². The summed E-state index contributed by atoms with van der Waals surface area (Å²) in [5.74, 6) is -2.76. The molecule has 1 unspecified atom stereocenters. The zero-order valence-electron chi connectivity index (χ0n) is 8.95. The number of nitrogens with one attached hydrogen (secondary N) is 1. The van der Waals surface area contributed by atoms with Crippen molar-refractivity contribution in [3.05, 3.63) is 0 Å². The van der Waals surface area contributed by atoms with Crippen molar-refractivity contribution in [1.82, 2.24) is 5.32 Å². The number of alkyl halides is 2. The van der Waals surface area contributed by atoms with Crippen molar-refractivity contribution in [2.75, 3.05) is 13.1 Å². The Balaban J connectivity index is 2.27. The SMILES string of the molecule is CC1(C)CCC(NCC(F)(F)CN)C1. The van der Waals surface area contributed by atoms with E-state index in [1.807, 2.05) is 0 Å². The second-order valence-electron chi connectivity index (χ2n) is 5.04. The lowest BCUT2D eigenvalue weighted by Crippen LogP contribution is -2.42. The van der Waals surface area contributed by atoms with Gasteiger partial charge in [0.2, 0.25) is 0 Å². The molecule has 0 spiro atoms. The molecule has 0 amide bonds. The first kappa shape index (κ1) is 11.9. The fraction of sp³-hybridized carbons (Fsp3) is 1.00. The van der Waals surface area contributed by atoms with Crippen LogP contribution in [0, 0.1) is 5.41 Å². The van der Waals surface area contributed by atoms with Crippen LogP contribution in [0.5, 0.6) is 0 Å². The summed E-state index contributed by atoms with van der Waals surface area (Å²) in [7, 11) is 0. The fourth-order valence-electron chi connectivity index (χ4n) is 1.98. The van der Waals surface area contributed by atoms with E-state index < -0.39 is 12.5 Å². The summed E-state index contributed by atoms with van der Waals surface area (Å²) in [6.45, 7) is 3.49. The minimum atomic E-state index is -2.76. The van der Waals surface area contributed by atoms with E-state index in [0.717, 1.165) is 19.3 Å². The van der Waals surface area contributed by atoms with Gasteiger partial charge in [-0.25, -0.2) is 8.78 Å². The van der Waals surface area contributed by atoms with Crippen LogP contribution < -0.4 is 11.1 Å². The third kappa shape index (κ3) is 3.50. The summed E-state index contributed by atoms with van der Waals surface area (Å²) in [6, 6.07) is 0.238. The molecule has 1 atom stereocenters. The van der Waals surface area contributed by atoms with Crippen molar-refractivity contribution in [2.24, 2.45) is 11.1 Å². The molecule has 14 heavy (non-hydrogen) atoms. The van der Waals surface area contributed by atoms with Gasteiger partial charge in [-0.3, -0.25) is 0 Å². The first-order valence-corrected chi connectivity index (χ1v) is 5.16. The summed E-state index contributed by atoms with van der Waals surface area (Å²) < 4.78 is 25.6. The van der Waals surface area contributed by atoms with Crippen LogP contribution >= 0.6 is 0 Å². The summed E-state index contributed by atoms with van der Waals surface area (Å²) in [5.41, 5.74) is 5.26. The number of hydrogen-bond acceptors (Lipinski definition) is 2. The van der Waals surface area contributed by atoms with Crippen LogP contribution in [-0.2, 0) is 0 Å². The van der Waals surface area contributed by atoms with E-state index in [2.05, 4.69) is 19.2 Å². The molecule has 0 aliphatic heterocycles. The third-order valence-corrected chi connectivity index (χ3v) is 2.92. The standard InChI is InChI=1S/C10H20F2N2/c1-9(2)4-3-8(5-9)14-7-10(11,12)6-13/h8,14H,3-7,13H2,1-2H3. The van der Waals surface area contributed by atoms with Gasteiger partial charge in [-0.1, -0.05) is 13.8 Å². The Hall–Kier alpha value is -0.220. The van der Waals surface area contributed by atoms with Gasteiger partial charge in [-0.15, -0.1) is 0 Å². The van der Waals surface area contributed by atoms with Crippen molar-refractivity contribution in [2.45, 2.75) is 45.1 Å². The Labute approximate surface area is 84.2 Å². The molecule has 0 heterocycles. The molecule has 1 aliphatic carbocycles. The Bertz CT molecular complexity index is 193. The smallest absolute Gasteiger partial charge is 0.272 e. The Morgan fingerprint density at radius 1 is 1.50 bits per heavy atom. The van der Waals surface area contributed by atoms with E-state index >= 15 is 0 Å². The lowest BCUT2D eigenvalue weighted by atomic mass is 9.92. The zero-order chi connectivity index (χ0) is 10.8. The maximum Gasteiger partial charge on any atom is 0.272 e. The van der Waals surface area contributed by atoms with Gasteiger partial charge in [0.1, 0.15) is 0 Å². The van der Waals surface area contributed by atoms with E-state index in [4.69, 9.17) is 5.73 Å². The van der Waals surface area contributed by atoms with E-state index in [1.54, 1.807) is 0 Å². The molecule has 1 saturated carbocycles. The molecule has 1 rings (SSSR count). The van der Waals surface area contributed by atoms with Gasteiger partial charge in [-0.2, -0.15) is 0 Å². The molecule has 1 fully saturated rings. The van der Waals surface area contributed by atoms with E-state index in [9.17, 15) is 8.78 Å². The Morgan fingerprint density at radius 3 is 2.57 bits per heavy atom. The predicted octanol–water partition coefficient (Wildman–Crippen LogP) is 1.75. The molecule has 3 N–H and O–H groups in total. The molecule has 0 saturated heterocycles. The maximum atomic E-state index is 12.8. The summed E-state index contributed by atoms with van der Waals surface area (Å²) in [5, 5.41) is 2.90. The number of hydrogen-bond donors (Lipinski definition) is 2. The zero-order valence-corrected chi connectivity index (χ0v) is 8.95.